The van der Waals surface area contributed by atoms with Crippen molar-refractivity contribution < 1.29 is 14.2 Å². The van der Waals surface area contributed by atoms with E-state index in [-0.39, 0.29) is 6.04 Å². The predicted molar refractivity (Wildman–Crippen MR) is 69.7 cm³/mol. The van der Waals surface area contributed by atoms with Gasteiger partial charge in [-0.3, -0.25) is 0 Å². The number of ether oxygens (including phenoxy) is 3. The molecule has 0 aromatic heterocycles. The summed E-state index contributed by atoms with van der Waals surface area (Å²) in [6.07, 6.45) is 2.78. The van der Waals surface area contributed by atoms with Gasteiger partial charge < -0.3 is 19.9 Å². The van der Waals surface area contributed by atoms with Crippen LogP contribution in [0.25, 0.3) is 0 Å². The highest BCUT2D eigenvalue weighted by molar-refractivity contribution is 5.29. The van der Waals surface area contributed by atoms with Gasteiger partial charge in [0.15, 0.2) is 0 Å². The van der Waals surface area contributed by atoms with Gasteiger partial charge in [0.05, 0.1) is 32.0 Å². The van der Waals surface area contributed by atoms with Crippen LogP contribution in [0.3, 0.4) is 0 Å². The van der Waals surface area contributed by atoms with Crippen molar-refractivity contribution in [2.24, 2.45) is 5.73 Å². The maximum Gasteiger partial charge on any atom is 0.119 e. The Hall–Kier alpha value is -1.10. The monoisotopic (exact) mass is 251 g/mol. The molecule has 0 saturated heterocycles. The topological polar surface area (TPSA) is 53.7 Å². The molecule has 2 N–H and O–H groups in total. The summed E-state index contributed by atoms with van der Waals surface area (Å²) in [5, 5.41) is 0. The number of benzene rings is 1. The second-order valence-corrected chi connectivity index (χ2v) is 4.56. The average Bonchev–Trinajstić information content (AvgIpc) is 3.19. The van der Waals surface area contributed by atoms with Gasteiger partial charge in [0.2, 0.25) is 0 Å². The van der Waals surface area contributed by atoms with Crippen LogP contribution in [0.2, 0.25) is 0 Å². The SMILES string of the molecule is COCCOCC(N)c1ccc(OC2CC2)cc1. The molecule has 0 radical (unpaired) electrons. The molecule has 0 aliphatic heterocycles. The first-order chi connectivity index (χ1) is 8.79. The molecule has 1 aliphatic carbocycles. The van der Waals surface area contributed by atoms with Crippen LogP contribution in [0.4, 0.5) is 0 Å². The normalized spacial score (nSPS) is 16.6. The molecule has 1 aromatic carbocycles. The van der Waals surface area contributed by atoms with Gasteiger partial charge in [-0.1, -0.05) is 12.1 Å². The van der Waals surface area contributed by atoms with E-state index in [9.17, 15) is 0 Å². The van der Waals surface area contributed by atoms with Crippen LogP contribution in [0.1, 0.15) is 24.4 Å². The van der Waals surface area contributed by atoms with Crippen LogP contribution in [-0.4, -0.2) is 33.0 Å². The lowest BCUT2D eigenvalue weighted by molar-refractivity contribution is 0.0636. The summed E-state index contributed by atoms with van der Waals surface area (Å²) in [7, 11) is 1.65. The maximum absolute atomic E-state index is 6.03. The van der Waals surface area contributed by atoms with Gasteiger partial charge in [0.1, 0.15) is 5.75 Å². The molecule has 1 atom stereocenters. The Morgan fingerprint density at radius 1 is 1.22 bits per heavy atom. The van der Waals surface area contributed by atoms with Crippen molar-refractivity contribution in [1.82, 2.24) is 0 Å². The number of nitrogens with two attached hydrogens (primary N) is 1. The Bertz CT molecular complexity index is 349. The molecule has 100 valence electrons. The first-order valence-corrected chi connectivity index (χ1v) is 6.38. The number of rotatable bonds is 8. The van der Waals surface area contributed by atoms with Crippen molar-refractivity contribution in [2.75, 3.05) is 26.9 Å². The van der Waals surface area contributed by atoms with Crippen molar-refractivity contribution in [3.05, 3.63) is 29.8 Å². The van der Waals surface area contributed by atoms with Crippen LogP contribution in [0, 0.1) is 0 Å². The quantitative estimate of drug-likeness (QED) is 0.717. The fraction of sp³-hybridized carbons (Fsp3) is 0.571. The summed E-state index contributed by atoms with van der Waals surface area (Å²) in [5.74, 6) is 0.925. The summed E-state index contributed by atoms with van der Waals surface area (Å²) in [6.45, 7) is 1.68. The van der Waals surface area contributed by atoms with Gasteiger partial charge in [0, 0.05) is 7.11 Å². The first-order valence-electron chi connectivity index (χ1n) is 6.38. The fourth-order valence-corrected chi connectivity index (χ4v) is 1.62. The Balaban J connectivity index is 1.76. The molecule has 1 aromatic rings. The third-order valence-corrected chi connectivity index (χ3v) is 2.86. The molecule has 0 heterocycles. The van der Waals surface area contributed by atoms with E-state index in [1.807, 2.05) is 24.3 Å². The second-order valence-electron chi connectivity index (χ2n) is 4.56. The Labute approximate surface area is 108 Å². The number of hydrogen-bond acceptors (Lipinski definition) is 4. The molecule has 2 rings (SSSR count). The third kappa shape index (κ3) is 4.29. The summed E-state index contributed by atoms with van der Waals surface area (Å²) in [4.78, 5) is 0. The highest BCUT2D eigenvalue weighted by atomic mass is 16.5. The minimum Gasteiger partial charge on any atom is -0.490 e. The van der Waals surface area contributed by atoms with Crippen molar-refractivity contribution in [3.63, 3.8) is 0 Å². The van der Waals surface area contributed by atoms with Gasteiger partial charge in [0.25, 0.3) is 0 Å². The average molecular weight is 251 g/mol. The molecule has 1 unspecified atom stereocenters. The van der Waals surface area contributed by atoms with Gasteiger partial charge in [-0.2, -0.15) is 0 Å². The minimum absolute atomic E-state index is 0.100. The molecule has 4 heteroatoms. The zero-order valence-corrected chi connectivity index (χ0v) is 10.8. The summed E-state index contributed by atoms with van der Waals surface area (Å²) >= 11 is 0. The van der Waals surface area contributed by atoms with Crippen molar-refractivity contribution >= 4 is 0 Å². The molecule has 1 fully saturated rings. The largest absolute Gasteiger partial charge is 0.490 e. The highest BCUT2D eigenvalue weighted by Crippen LogP contribution is 2.27. The Morgan fingerprint density at radius 3 is 2.56 bits per heavy atom. The van der Waals surface area contributed by atoms with Crippen LogP contribution in [0.15, 0.2) is 24.3 Å². The molecule has 0 amide bonds. The van der Waals surface area contributed by atoms with Crippen molar-refractivity contribution in [1.29, 1.82) is 0 Å². The van der Waals surface area contributed by atoms with E-state index in [2.05, 4.69) is 0 Å². The second kappa shape index (κ2) is 6.73. The van der Waals surface area contributed by atoms with E-state index in [0.717, 1.165) is 11.3 Å². The molecular weight excluding hydrogens is 230 g/mol. The van der Waals surface area contributed by atoms with Gasteiger partial charge >= 0.3 is 0 Å². The van der Waals surface area contributed by atoms with Gasteiger partial charge in [-0.25, -0.2) is 0 Å². The van der Waals surface area contributed by atoms with Gasteiger partial charge in [-0.05, 0) is 30.5 Å². The zero-order valence-electron chi connectivity index (χ0n) is 10.8. The predicted octanol–water partition coefficient (Wildman–Crippen LogP) is 1.89. The van der Waals surface area contributed by atoms with E-state index in [1.165, 1.54) is 12.8 Å². The molecule has 1 aliphatic rings. The van der Waals surface area contributed by atoms with Crippen molar-refractivity contribution in [3.8, 4) is 5.75 Å². The van der Waals surface area contributed by atoms with Gasteiger partial charge in [-0.15, -0.1) is 0 Å². The lowest BCUT2D eigenvalue weighted by Crippen LogP contribution is -2.18. The summed E-state index contributed by atoms with van der Waals surface area (Å²) in [6, 6.07) is 7.85. The van der Waals surface area contributed by atoms with E-state index in [0.29, 0.717) is 25.9 Å². The van der Waals surface area contributed by atoms with E-state index in [4.69, 9.17) is 19.9 Å². The molecule has 0 spiro atoms. The first kappa shape index (κ1) is 13.3. The van der Waals surface area contributed by atoms with Crippen LogP contribution in [0.5, 0.6) is 5.75 Å². The van der Waals surface area contributed by atoms with E-state index >= 15 is 0 Å². The lowest BCUT2D eigenvalue weighted by Gasteiger charge is -2.13. The summed E-state index contributed by atoms with van der Waals surface area (Å²) in [5.41, 5.74) is 7.10. The third-order valence-electron chi connectivity index (χ3n) is 2.86. The fourth-order valence-electron chi connectivity index (χ4n) is 1.62. The Kier molecular flexibility index (Phi) is 4.99. The maximum atomic E-state index is 6.03. The smallest absolute Gasteiger partial charge is 0.119 e. The zero-order chi connectivity index (χ0) is 12.8. The highest BCUT2D eigenvalue weighted by Gasteiger charge is 2.23. The van der Waals surface area contributed by atoms with Crippen LogP contribution < -0.4 is 10.5 Å². The number of hydrogen-bond donors (Lipinski definition) is 1. The molecule has 18 heavy (non-hydrogen) atoms. The standard InChI is InChI=1S/C14H21NO3/c1-16-8-9-17-10-14(15)11-2-4-12(5-3-11)18-13-6-7-13/h2-5,13-14H,6-10,15H2,1H3. The minimum atomic E-state index is -0.100. The summed E-state index contributed by atoms with van der Waals surface area (Å²) < 4.78 is 16.0. The van der Waals surface area contributed by atoms with Crippen molar-refractivity contribution in [2.45, 2.75) is 25.0 Å². The van der Waals surface area contributed by atoms with E-state index < -0.39 is 0 Å². The molecule has 0 bridgehead atoms. The number of methoxy groups -OCH3 is 1. The molecular formula is C14H21NO3. The Morgan fingerprint density at radius 2 is 1.94 bits per heavy atom. The lowest BCUT2D eigenvalue weighted by atomic mass is 10.1. The molecule has 4 nitrogen and oxygen atoms in total. The molecule has 1 saturated carbocycles. The van der Waals surface area contributed by atoms with Crippen LogP contribution >= 0.6 is 0 Å². The van der Waals surface area contributed by atoms with E-state index in [1.54, 1.807) is 7.11 Å². The van der Waals surface area contributed by atoms with Crippen LogP contribution in [-0.2, 0) is 9.47 Å².